The van der Waals surface area contributed by atoms with Gasteiger partial charge in [0, 0.05) is 5.25 Å². The van der Waals surface area contributed by atoms with Crippen molar-refractivity contribution < 1.29 is 47.6 Å². The van der Waals surface area contributed by atoms with E-state index in [1.165, 1.54) is 90.4 Å². The van der Waals surface area contributed by atoms with E-state index in [4.69, 9.17) is 0 Å². The predicted octanol–water partition coefficient (Wildman–Crippen LogP) is 3.72. The van der Waals surface area contributed by atoms with Crippen LogP contribution in [0.2, 0.25) is 0 Å². The van der Waals surface area contributed by atoms with Gasteiger partial charge in [0.25, 0.3) is 0 Å². The molecule has 0 spiro atoms. The molecule has 0 saturated heterocycles. The fourth-order valence-corrected chi connectivity index (χ4v) is 4.09. The quantitative estimate of drug-likeness (QED) is 0.167. The molecule has 0 rings (SSSR count). The van der Waals surface area contributed by atoms with Crippen molar-refractivity contribution in [1.82, 2.24) is 0 Å². The zero-order valence-corrected chi connectivity index (χ0v) is 22.5. The molecule has 0 bridgehead atoms. The fourth-order valence-electron chi connectivity index (χ4n) is 3.64. The number of aliphatic hydroxyl groups excluding tert-OH is 1. The van der Waals surface area contributed by atoms with Crippen molar-refractivity contribution in [2.24, 2.45) is 0 Å². The molecule has 0 aliphatic rings. The van der Waals surface area contributed by atoms with E-state index in [-0.39, 0.29) is 35.7 Å². The Kier molecular flexibility index (Phi) is 24.4. The van der Waals surface area contributed by atoms with E-state index < -0.39 is 15.4 Å². The van der Waals surface area contributed by atoms with Crippen LogP contribution in [0.3, 0.4) is 0 Å². The van der Waals surface area contributed by atoms with E-state index >= 15 is 0 Å². The summed E-state index contributed by atoms with van der Waals surface area (Å²) in [5, 5.41) is 8.77. The van der Waals surface area contributed by atoms with Crippen molar-refractivity contribution in [3.05, 3.63) is 0 Å². The summed E-state index contributed by atoms with van der Waals surface area (Å²) in [7, 11) is -4.09. The van der Waals surface area contributed by atoms with Gasteiger partial charge in [-0.15, -0.1) is 0 Å². The van der Waals surface area contributed by atoms with Crippen LogP contribution in [-0.4, -0.2) is 29.4 Å². The molecule has 0 amide bonds. The second kappa shape index (κ2) is 22.1. The van der Waals surface area contributed by atoms with Crippen molar-refractivity contribution in [3.8, 4) is 0 Å². The van der Waals surface area contributed by atoms with Gasteiger partial charge in [-0.1, -0.05) is 110 Å². The maximum atomic E-state index is 10.8. The summed E-state index contributed by atoms with van der Waals surface area (Å²) < 4.78 is 32.4. The number of unbranched alkanes of at least 4 members (excludes halogenated alkanes) is 15. The summed E-state index contributed by atoms with van der Waals surface area (Å²) in [5.41, 5.74) is 0. The largest absolute Gasteiger partial charge is 1.00 e. The van der Waals surface area contributed by atoms with Gasteiger partial charge in [-0.2, -0.15) is 0 Å². The van der Waals surface area contributed by atoms with Crippen LogP contribution in [0.15, 0.2) is 0 Å². The van der Waals surface area contributed by atoms with Crippen LogP contribution >= 0.6 is 0 Å². The Balaban J connectivity index is 0. The Labute approximate surface area is 204 Å². The van der Waals surface area contributed by atoms with Crippen LogP contribution in [0.1, 0.15) is 136 Å². The molecule has 0 heterocycles. The summed E-state index contributed by atoms with van der Waals surface area (Å²) in [6.07, 6.45) is 22.4. The average Bonchev–Trinajstić information content (AvgIpc) is 2.65. The van der Waals surface area contributed by atoms with Crippen LogP contribution < -0.4 is 29.6 Å². The van der Waals surface area contributed by atoms with Crippen LogP contribution in [-0.2, 0) is 10.1 Å². The molecule has 0 aromatic heterocycles. The Hall–Kier alpha value is 0.870. The molecule has 2 atom stereocenters. The Morgan fingerprint density at radius 1 is 0.655 bits per heavy atom. The van der Waals surface area contributed by atoms with E-state index in [1.807, 2.05) is 6.92 Å². The second-order valence-electron chi connectivity index (χ2n) is 8.60. The molecule has 0 fully saturated rings. The minimum Gasteiger partial charge on any atom is -0.748 e. The molecule has 29 heavy (non-hydrogen) atoms. The van der Waals surface area contributed by atoms with E-state index in [0.717, 1.165) is 32.1 Å². The molecule has 0 aliphatic carbocycles. The molecular weight excluding hydrogens is 395 g/mol. The summed E-state index contributed by atoms with van der Waals surface area (Å²) in [6, 6.07) is 0. The Morgan fingerprint density at radius 3 is 1.21 bits per heavy atom. The van der Waals surface area contributed by atoms with Gasteiger partial charge in [0.2, 0.25) is 0 Å². The van der Waals surface area contributed by atoms with Gasteiger partial charge in [-0.05, 0) is 26.2 Å². The first-order chi connectivity index (χ1) is 13.4. The monoisotopic (exact) mass is 442 g/mol. The van der Waals surface area contributed by atoms with Gasteiger partial charge >= 0.3 is 29.6 Å². The van der Waals surface area contributed by atoms with Crippen LogP contribution in [0.4, 0.5) is 0 Å². The normalized spacial score (nSPS) is 13.8. The molecule has 0 aromatic carbocycles. The third-order valence-corrected chi connectivity index (χ3v) is 7.08. The SMILES string of the molecule is CCC(O)CCCCCCCCCCCCCCCCCCC(C)S(=O)(=O)[O-].[Na+]. The van der Waals surface area contributed by atoms with Gasteiger partial charge in [0.05, 0.1) is 16.2 Å². The zero-order valence-electron chi connectivity index (χ0n) is 19.7. The van der Waals surface area contributed by atoms with E-state index in [0.29, 0.717) is 6.42 Å². The number of aliphatic hydroxyl groups is 1. The number of rotatable bonds is 21. The minimum atomic E-state index is -4.09. The molecular formula is C23H47NaO4S. The fraction of sp³-hybridized carbons (Fsp3) is 1.00. The Bertz CT molecular complexity index is 429. The average molecular weight is 443 g/mol. The summed E-state index contributed by atoms with van der Waals surface area (Å²) >= 11 is 0. The van der Waals surface area contributed by atoms with E-state index in [2.05, 4.69) is 0 Å². The van der Waals surface area contributed by atoms with Crippen LogP contribution in [0.25, 0.3) is 0 Å². The van der Waals surface area contributed by atoms with Crippen molar-refractivity contribution in [2.45, 2.75) is 147 Å². The molecule has 4 nitrogen and oxygen atoms in total. The van der Waals surface area contributed by atoms with Crippen molar-refractivity contribution >= 4 is 10.1 Å². The van der Waals surface area contributed by atoms with Gasteiger partial charge < -0.3 is 9.66 Å². The van der Waals surface area contributed by atoms with Crippen molar-refractivity contribution in [3.63, 3.8) is 0 Å². The van der Waals surface area contributed by atoms with E-state index in [1.54, 1.807) is 0 Å². The summed E-state index contributed by atoms with van der Waals surface area (Å²) in [4.78, 5) is 0. The first kappa shape index (κ1) is 32.1. The Morgan fingerprint density at radius 2 is 0.931 bits per heavy atom. The molecule has 0 aliphatic heterocycles. The molecule has 0 aromatic rings. The third-order valence-electron chi connectivity index (χ3n) is 5.86. The van der Waals surface area contributed by atoms with E-state index in [9.17, 15) is 18.1 Å². The third kappa shape index (κ3) is 23.4. The second-order valence-corrected chi connectivity index (χ2v) is 10.4. The molecule has 6 heteroatoms. The molecule has 0 saturated carbocycles. The summed E-state index contributed by atoms with van der Waals surface area (Å²) in [5.74, 6) is 0. The topological polar surface area (TPSA) is 77.4 Å². The first-order valence-electron chi connectivity index (χ1n) is 12.0. The van der Waals surface area contributed by atoms with Gasteiger partial charge in [0.15, 0.2) is 0 Å². The van der Waals surface area contributed by atoms with Crippen molar-refractivity contribution in [2.75, 3.05) is 0 Å². The first-order valence-corrected chi connectivity index (χ1v) is 13.5. The number of hydrogen-bond acceptors (Lipinski definition) is 4. The van der Waals surface area contributed by atoms with Crippen molar-refractivity contribution in [1.29, 1.82) is 0 Å². The smallest absolute Gasteiger partial charge is 0.748 e. The molecule has 0 radical (unpaired) electrons. The molecule has 1 N–H and O–H groups in total. The standard InChI is InChI=1S/C23H48O4S.Na/c1-3-23(24)21-19-17-15-13-11-9-7-5-4-6-8-10-12-14-16-18-20-22(2)28(25,26)27;/h22-24H,3-21H2,1-2H3,(H,25,26,27);/q;+1/p-1. The molecule has 2 unspecified atom stereocenters. The van der Waals surface area contributed by atoms with Crippen LogP contribution in [0.5, 0.6) is 0 Å². The van der Waals surface area contributed by atoms with Gasteiger partial charge in [-0.25, -0.2) is 8.42 Å². The van der Waals surface area contributed by atoms with Gasteiger partial charge in [-0.3, -0.25) is 0 Å². The predicted molar refractivity (Wildman–Crippen MR) is 119 cm³/mol. The summed E-state index contributed by atoms with van der Waals surface area (Å²) in [6.45, 7) is 3.56. The molecule has 170 valence electrons. The van der Waals surface area contributed by atoms with Crippen LogP contribution in [0, 0.1) is 0 Å². The number of hydrogen-bond donors (Lipinski definition) is 1. The zero-order chi connectivity index (χ0) is 21.1. The maximum absolute atomic E-state index is 10.8. The van der Waals surface area contributed by atoms with Gasteiger partial charge in [0.1, 0.15) is 0 Å². The minimum absolute atomic E-state index is 0. The maximum Gasteiger partial charge on any atom is 1.00 e.